The number of esters is 4. The normalized spacial score (nSPS) is 14.8. The van der Waals surface area contributed by atoms with E-state index >= 15 is 0 Å². The van der Waals surface area contributed by atoms with Crippen molar-refractivity contribution in [2.75, 3.05) is 39.6 Å². The molecule has 92 heavy (non-hydrogen) atoms. The molecule has 0 fully saturated rings. The highest BCUT2D eigenvalue weighted by atomic mass is 31.2. The molecule has 542 valence electrons. The summed E-state index contributed by atoms with van der Waals surface area (Å²) in [6, 6.07) is 0. The summed E-state index contributed by atoms with van der Waals surface area (Å²) >= 11 is 0. The van der Waals surface area contributed by atoms with E-state index in [0.717, 1.165) is 127 Å². The fourth-order valence-corrected chi connectivity index (χ4v) is 12.1. The second-order valence-electron chi connectivity index (χ2n) is 26.1. The zero-order chi connectivity index (χ0) is 67.9. The summed E-state index contributed by atoms with van der Waals surface area (Å²) in [5.41, 5.74) is 0. The van der Waals surface area contributed by atoms with Crippen LogP contribution in [0, 0.1) is 11.8 Å². The molecule has 0 bridgehead atoms. The third-order valence-corrected chi connectivity index (χ3v) is 19.0. The number of phosphoric ester groups is 2. The number of unbranched alkanes of at least 4 members (excludes halogenated alkanes) is 35. The average Bonchev–Trinajstić information content (AvgIpc) is 3.66. The van der Waals surface area contributed by atoms with Gasteiger partial charge in [-0.2, -0.15) is 0 Å². The van der Waals surface area contributed by atoms with Gasteiger partial charge < -0.3 is 33.8 Å². The van der Waals surface area contributed by atoms with E-state index in [1.807, 2.05) is 0 Å². The number of hydrogen-bond acceptors (Lipinski definition) is 15. The maximum absolute atomic E-state index is 13.0. The van der Waals surface area contributed by atoms with Crippen LogP contribution < -0.4 is 0 Å². The molecule has 0 aliphatic heterocycles. The van der Waals surface area contributed by atoms with Gasteiger partial charge in [0.1, 0.15) is 19.3 Å². The zero-order valence-corrected chi connectivity index (χ0v) is 61.1. The molecule has 0 aromatic carbocycles. The summed E-state index contributed by atoms with van der Waals surface area (Å²) in [5.74, 6) is -0.516. The van der Waals surface area contributed by atoms with Gasteiger partial charge in [0.15, 0.2) is 12.2 Å². The number of carbonyl (C=O) groups excluding carboxylic acids is 4. The zero-order valence-electron chi connectivity index (χ0n) is 59.3. The summed E-state index contributed by atoms with van der Waals surface area (Å²) in [7, 11) is -9.91. The van der Waals surface area contributed by atoms with E-state index in [2.05, 4.69) is 65.8 Å². The Labute approximate surface area is 561 Å². The van der Waals surface area contributed by atoms with Gasteiger partial charge in [0.05, 0.1) is 26.4 Å². The molecule has 0 aromatic rings. The molecule has 4 unspecified atom stereocenters. The van der Waals surface area contributed by atoms with E-state index < -0.39 is 97.5 Å². The van der Waals surface area contributed by atoms with E-state index in [9.17, 15) is 43.2 Å². The Morgan fingerprint density at radius 1 is 0.348 bits per heavy atom. The summed E-state index contributed by atoms with van der Waals surface area (Å²) < 4.78 is 68.2. The van der Waals surface area contributed by atoms with E-state index in [-0.39, 0.29) is 25.7 Å². The lowest BCUT2D eigenvalue weighted by Gasteiger charge is -2.21. The fraction of sp³-hybridized carbons (Fsp3) is 0.890. The molecule has 0 amide bonds. The molecule has 0 aromatic heterocycles. The molecule has 0 radical (unpaired) electrons. The van der Waals surface area contributed by atoms with Gasteiger partial charge in [0.25, 0.3) is 0 Å². The molecule has 0 saturated heterocycles. The second kappa shape index (κ2) is 64.5. The molecule has 0 saturated carbocycles. The van der Waals surface area contributed by atoms with Crippen molar-refractivity contribution in [3.8, 4) is 0 Å². The monoisotopic (exact) mass is 1350 g/mol. The summed E-state index contributed by atoms with van der Waals surface area (Å²) in [4.78, 5) is 72.4. The Bertz CT molecular complexity index is 1880. The molecule has 0 heterocycles. The van der Waals surface area contributed by atoms with Crippen LogP contribution in [-0.4, -0.2) is 96.7 Å². The van der Waals surface area contributed by atoms with Gasteiger partial charge in [0.2, 0.25) is 0 Å². The highest BCUT2D eigenvalue weighted by molar-refractivity contribution is 7.47. The molecule has 0 aliphatic rings. The van der Waals surface area contributed by atoms with Crippen LogP contribution in [0.15, 0.2) is 24.3 Å². The number of carbonyl (C=O) groups is 4. The topological polar surface area (TPSA) is 237 Å². The Hall–Kier alpha value is -2.46. The highest BCUT2D eigenvalue weighted by Crippen LogP contribution is 2.45. The Balaban J connectivity index is 5.20. The lowest BCUT2D eigenvalue weighted by Crippen LogP contribution is -2.30. The van der Waals surface area contributed by atoms with Crippen molar-refractivity contribution in [3.05, 3.63) is 24.3 Å². The van der Waals surface area contributed by atoms with Gasteiger partial charge in [-0.1, -0.05) is 297 Å². The van der Waals surface area contributed by atoms with E-state index in [0.29, 0.717) is 25.7 Å². The van der Waals surface area contributed by atoms with Gasteiger partial charge in [-0.05, 0) is 63.2 Å². The molecule has 7 atom stereocenters. The van der Waals surface area contributed by atoms with Crippen molar-refractivity contribution in [2.45, 2.75) is 368 Å². The number of allylic oxidation sites excluding steroid dienone is 4. The lowest BCUT2D eigenvalue weighted by atomic mass is 9.99. The van der Waals surface area contributed by atoms with E-state index in [1.165, 1.54) is 141 Å². The quantitative estimate of drug-likeness (QED) is 0.0169. The molecule has 0 rings (SSSR count). The number of phosphoric acid groups is 2. The van der Waals surface area contributed by atoms with Crippen molar-refractivity contribution in [1.29, 1.82) is 0 Å². The van der Waals surface area contributed by atoms with E-state index in [1.54, 1.807) is 0 Å². The third kappa shape index (κ3) is 63.6. The average molecular weight is 1350 g/mol. The minimum Gasteiger partial charge on any atom is -0.462 e. The Kier molecular flexibility index (Phi) is 62.8. The van der Waals surface area contributed by atoms with Crippen molar-refractivity contribution in [1.82, 2.24) is 0 Å². The molecule has 3 N–H and O–H groups in total. The Morgan fingerprint density at radius 3 is 0.924 bits per heavy atom. The predicted molar refractivity (Wildman–Crippen MR) is 372 cm³/mol. The van der Waals surface area contributed by atoms with Gasteiger partial charge in [-0.3, -0.25) is 37.3 Å². The fourth-order valence-electron chi connectivity index (χ4n) is 10.5. The molecular formula is C73H138O17P2. The van der Waals surface area contributed by atoms with E-state index in [4.69, 9.17) is 37.0 Å². The highest BCUT2D eigenvalue weighted by Gasteiger charge is 2.30. The summed E-state index contributed by atoms with van der Waals surface area (Å²) in [6.45, 7) is 9.49. The summed E-state index contributed by atoms with van der Waals surface area (Å²) in [6.07, 6.45) is 53.8. The first-order chi connectivity index (χ1) is 44.4. The Morgan fingerprint density at radius 2 is 0.609 bits per heavy atom. The first-order valence-corrected chi connectivity index (χ1v) is 40.4. The van der Waals surface area contributed by atoms with Crippen LogP contribution in [0.25, 0.3) is 0 Å². The number of aliphatic hydroxyl groups excluding tert-OH is 1. The maximum atomic E-state index is 13.0. The molecule has 17 nitrogen and oxygen atoms in total. The number of aliphatic hydroxyl groups is 1. The third-order valence-electron chi connectivity index (χ3n) is 17.1. The van der Waals surface area contributed by atoms with Crippen LogP contribution in [-0.2, 0) is 65.4 Å². The van der Waals surface area contributed by atoms with Crippen LogP contribution in [0.5, 0.6) is 0 Å². The lowest BCUT2D eigenvalue weighted by molar-refractivity contribution is -0.161. The number of hydrogen-bond donors (Lipinski definition) is 3. The van der Waals surface area contributed by atoms with Crippen LogP contribution in [0.3, 0.4) is 0 Å². The van der Waals surface area contributed by atoms with Crippen molar-refractivity contribution in [3.63, 3.8) is 0 Å². The summed E-state index contributed by atoms with van der Waals surface area (Å²) in [5, 5.41) is 10.6. The van der Waals surface area contributed by atoms with Gasteiger partial charge in [0, 0.05) is 25.7 Å². The largest absolute Gasteiger partial charge is 0.472 e. The van der Waals surface area contributed by atoms with Crippen molar-refractivity contribution in [2.24, 2.45) is 11.8 Å². The predicted octanol–water partition coefficient (Wildman–Crippen LogP) is 20.7. The van der Waals surface area contributed by atoms with Crippen LogP contribution in [0.1, 0.15) is 350 Å². The maximum Gasteiger partial charge on any atom is 0.472 e. The van der Waals surface area contributed by atoms with Crippen LogP contribution in [0.4, 0.5) is 0 Å². The number of rotatable bonds is 70. The molecule has 0 aliphatic carbocycles. The van der Waals surface area contributed by atoms with Crippen LogP contribution >= 0.6 is 15.6 Å². The minimum atomic E-state index is -4.96. The first kappa shape index (κ1) is 89.5. The molecule has 19 heteroatoms. The molecular weight excluding hydrogens is 1210 g/mol. The minimum absolute atomic E-state index is 0.101. The van der Waals surface area contributed by atoms with Crippen molar-refractivity contribution < 1.29 is 80.2 Å². The first-order valence-electron chi connectivity index (χ1n) is 37.4. The van der Waals surface area contributed by atoms with Crippen molar-refractivity contribution >= 4 is 39.5 Å². The van der Waals surface area contributed by atoms with Gasteiger partial charge >= 0.3 is 39.5 Å². The second-order valence-corrected chi connectivity index (χ2v) is 29.0. The smallest absolute Gasteiger partial charge is 0.462 e. The standard InChI is InChI=1S/C73H138O17P2/c1-7-11-13-15-16-17-18-19-20-24-27-33-38-44-50-56-71(76)84-62-69(90-73(78)57-51-45-39-34-28-25-22-21-23-26-31-36-42-47-53-65(5)9-3)64-88-92(81,82)86-60-67(74)59-85-91(79,80)87-63-68(61-83-70(75)55-49-41-14-12-8-2)89-72(77)58-52-46-40-35-30-29-32-37-43-48-54-66(6)10-4/h17-20,65-69,74H,7-16,21-64H2,1-6H3,(H,79,80)(H,81,82)/b18-17-,20-19-/t65?,66?,67-,68+,69+/m0/s1. The van der Waals surface area contributed by atoms with Gasteiger partial charge in [-0.25, -0.2) is 9.13 Å². The molecule has 0 spiro atoms. The SMILES string of the molecule is CCCCCC/C=C\C=C/CCCCCCCC(=O)OC[C@H](COP(=O)(O)OC[C@@H](O)COP(=O)(O)OC[C@@H](COC(=O)CCCCCCC)OC(=O)CCCCCCCCCCCCC(C)CC)OC(=O)CCCCCCCCCCCCCCCCC(C)CC. The van der Waals surface area contributed by atoms with Crippen LogP contribution in [0.2, 0.25) is 0 Å². The number of ether oxygens (including phenoxy) is 4. The van der Waals surface area contributed by atoms with Gasteiger partial charge in [-0.15, -0.1) is 0 Å².